The van der Waals surface area contributed by atoms with Crippen LogP contribution in [0.4, 0.5) is 5.82 Å². The number of nitro groups is 1. The normalized spacial score (nSPS) is 9.88. The lowest BCUT2D eigenvalue weighted by atomic mass is 10.3. The summed E-state index contributed by atoms with van der Waals surface area (Å²) in [5.41, 5.74) is 0. The van der Waals surface area contributed by atoms with Crippen molar-refractivity contribution in [2.75, 3.05) is 7.11 Å². The Morgan fingerprint density at radius 1 is 1.62 bits per heavy atom. The number of nitrogens with zero attached hydrogens (tertiary/aromatic N) is 3. The van der Waals surface area contributed by atoms with Gasteiger partial charge in [-0.2, -0.15) is 0 Å². The van der Waals surface area contributed by atoms with Crippen molar-refractivity contribution in [1.82, 2.24) is 9.55 Å². The zero-order chi connectivity index (χ0) is 12.3. The van der Waals surface area contributed by atoms with E-state index < -0.39 is 16.7 Å². The summed E-state index contributed by atoms with van der Waals surface area (Å²) in [5.74, 6) is -2.02. The van der Waals surface area contributed by atoms with Gasteiger partial charge in [0, 0.05) is 7.05 Å². The Labute approximate surface area is 90.0 Å². The lowest BCUT2D eigenvalue weighted by molar-refractivity contribution is -0.389. The topological polar surface area (TPSA) is 104 Å². The molecule has 0 aliphatic heterocycles. The van der Waals surface area contributed by atoms with E-state index in [1.54, 1.807) is 0 Å². The van der Waals surface area contributed by atoms with Gasteiger partial charge in [0.25, 0.3) is 0 Å². The van der Waals surface area contributed by atoms with Crippen molar-refractivity contribution in [3.05, 3.63) is 22.1 Å². The van der Waals surface area contributed by atoms with Gasteiger partial charge in [0.2, 0.25) is 11.6 Å². The monoisotopic (exact) mass is 227 g/mol. The highest BCUT2D eigenvalue weighted by molar-refractivity contribution is 6.33. The Bertz CT molecular complexity index is 451. The number of rotatable bonds is 4. The molecule has 0 amide bonds. The van der Waals surface area contributed by atoms with E-state index in [9.17, 15) is 19.7 Å². The number of hydrogen-bond donors (Lipinski definition) is 0. The van der Waals surface area contributed by atoms with Gasteiger partial charge in [0.15, 0.2) is 0 Å². The molecule has 8 heteroatoms. The predicted molar refractivity (Wildman–Crippen MR) is 50.6 cm³/mol. The van der Waals surface area contributed by atoms with Crippen molar-refractivity contribution in [3.8, 4) is 0 Å². The van der Waals surface area contributed by atoms with Gasteiger partial charge in [-0.1, -0.05) is 0 Å². The summed E-state index contributed by atoms with van der Waals surface area (Å²) >= 11 is 0. The lowest BCUT2D eigenvalue weighted by Crippen LogP contribution is -2.19. The summed E-state index contributed by atoms with van der Waals surface area (Å²) in [6, 6.07) is 0. The maximum absolute atomic E-state index is 11.2. The Morgan fingerprint density at radius 3 is 2.69 bits per heavy atom. The minimum absolute atomic E-state index is 0.141. The third-order valence-corrected chi connectivity index (χ3v) is 1.88. The first kappa shape index (κ1) is 11.8. The summed E-state index contributed by atoms with van der Waals surface area (Å²) < 4.78 is 5.54. The van der Waals surface area contributed by atoms with Gasteiger partial charge >= 0.3 is 11.8 Å². The second kappa shape index (κ2) is 4.51. The molecule has 1 rings (SSSR count). The molecule has 0 N–H and O–H groups in total. The van der Waals surface area contributed by atoms with E-state index in [2.05, 4.69) is 9.72 Å². The number of aryl methyl sites for hydroxylation is 1. The van der Waals surface area contributed by atoms with Gasteiger partial charge < -0.3 is 19.4 Å². The fraction of sp³-hybridized carbons (Fsp3) is 0.375. The molecule has 1 heterocycles. The number of hydrogen-bond acceptors (Lipinski definition) is 6. The number of aromatic nitrogens is 2. The fourth-order valence-corrected chi connectivity index (χ4v) is 1.07. The van der Waals surface area contributed by atoms with Crippen molar-refractivity contribution in [3.63, 3.8) is 0 Å². The van der Waals surface area contributed by atoms with Crippen LogP contribution in [-0.4, -0.2) is 33.3 Å². The largest absolute Gasteiger partial charge is 0.463 e. The smallest absolute Gasteiger partial charge is 0.381 e. The molecular weight excluding hydrogens is 218 g/mol. The first-order chi connectivity index (χ1) is 7.45. The van der Waals surface area contributed by atoms with Crippen LogP contribution in [0.15, 0.2) is 6.20 Å². The van der Waals surface area contributed by atoms with Crippen LogP contribution in [-0.2, 0) is 27.8 Å². The number of carbonyl (C=O) groups excluding carboxylic acids is 2. The quantitative estimate of drug-likeness (QED) is 0.300. The highest BCUT2D eigenvalue weighted by Crippen LogP contribution is 2.10. The maximum Gasteiger partial charge on any atom is 0.381 e. The zero-order valence-corrected chi connectivity index (χ0v) is 8.67. The third kappa shape index (κ3) is 2.41. The first-order valence-electron chi connectivity index (χ1n) is 4.23. The molecule has 0 saturated carbocycles. The van der Waals surface area contributed by atoms with Crippen molar-refractivity contribution in [1.29, 1.82) is 0 Å². The molecule has 1 aromatic rings. The predicted octanol–water partition coefficient (Wildman–Crippen LogP) is -0.387. The van der Waals surface area contributed by atoms with Crippen LogP contribution < -0.4 is 0 Å². The van der Waals surface area contributed by atoms with Gasteiger partial charge in [-0.3, -0.25) is 4.79 Å². The van der Waals surface area contributed by atoms with E-state index in [1.165, 1.54) is 17.8 Å². The highest BCUT2D eigenvalue weighted by atomic mass is 16.6. The van der Waals surface area contributed by atoms with Crippen LogP contribution in [0.25, 0.3) is 0 Å². The molecule has 0 aromatic carbocycles. The molecule has 0 aliphatic carbocycles. The number of methoxy groups -OCH3 is 1. The molecule has 86 valence electrons. The van der Waals surface area contributed by atoms with Gasteiger partial charge in [-0.05, 0) is 9.91 Å². The molecule has 0 saturated heterocycles. The molecule has 0 unspecified atom stereocenters. The summed E-state index contributed by atoms with van der Waals surface area (Å²) in [7, 11) is 2.58. The summed E-state index contributed by atoms with van der Waals surface area (Å²) in [4.78, 5) is 35.3. The van der Waals surface area contributed by atoms with Crippen molar-refractivity contribution < 1.29 is 19.2 Å². The molecule has 1 aromatic heterocycles. The average molecular weight is 227 g/mol. The standard InChI is InChI=1S/C8H9N3O5/c1-10-4-7(11(14)15)9-6(10)3-5(12)8(13)16-2/h4H,3H2,1-2H3. The van der Waals surface area contributed by atoms with Crippen LogP contribution in [0.3, 0.4) is 0 Å². The number of ether oxygens (including phenoxy) is 1. The van der Waals surface area contributed by atoms with Crippen molar-refractivity contribution in [2.24, 2.45) is 7.05 Å². The minimum atomic E-state index is -0.995. The first-order valence-corrected chi connectivity index (χ1v) is 4.23. The molecule has 8 nitrogen and oxygen atoms in total. The fourth-order valence-electron chi connectivity index (χ4n) is 1.07. The molecule has 0 atom stereocenters. The van der Waals surface area contributed by atoms with Crippen LogP contribution in [0.1, 0.15) is 5.82 Å². The molecule has 0 radical (unpaired) electrons. The number of carbonyl (C=O) groups is 2. The van der Waals surface area contributed by atoms with Gasteiger partial charge in [-0.25, -0.2) is 4.79 Å². The van der Waals surface area contributed by atoms with Gasteiger partial charge in [0.05, 0.1) is 7.11 Å². The maximum atomic E-state index is 11.2. The Hall–Kier alpha value is -2.25. The molecule has 16 heavy (non-hydrogen) atoms. The third-order valence-electron chi connectivity index (χ3n) is 1.88. The summed E-state index contributed by atoms with van der Waals surface area (Å²) in [5, 5.41) is 10.4. The Kier molecular flexibility index (Phi) is 3.33. The van der Waals surface area contributed by atoms with Crippen LogP contribution in [0, 0.1) is 10.1 Å². The SMILES string of the molecule is COC(=O)C(=O)Cc1nc([N+](=O)[O-])cn1C. The van der Waals surface area contributed by atoms with Gasteiger partial charge in [0.1, 0.15) is 12.6 Å². The number of Topliss-reactive ketones (excluding diaryl/α,β-unsaturated/α-hetero) is 1. The van der Waals surface area contributed by atoms with Crippen LogP contribution in [0.2, 0.25) is 0 Å². The highest BCUT2D eigenvalue weighted by Gasteiger charge is 2.23. The minimum Gasteiger partial charge on any atom is -0.463 e. The second-order valence-electron chi connectivity index (χ2n) is 2.97. The van der Waals surface area contributed by atoms with Crippen LogP contribution >= 0.6 is 0 Å². The lowest BCUT2D eigenvalue weighted by Gasteiger charge is -1.95. The molecule has 0 bridgehead atoms. The molecule has 0 spiro atoms. The van der Waals surface area contributed by atoms with E-state index in [4.69, 9.17) is 0 Å². The van der Waals surface area contributed by atoms with E-state index in [1.807, 2.05) is 0 Å². The number of esters is 1. The van der Waals surface area contributed by atoms with Crippen molar-refractivity contribution in [2.45, 2.75) is 6.42 Å². The van der Waals surface area contributed by atoms with Gasteiger partial charge in [-0.15, -0.1) is 0 Å². The van der Waals surface area contributed by atoms with E-state index >= 15 is 0 Å². The summed E-state index contributed by atoms with van der Waals surface area (Å²) in [6.07, 6.45) is 0.844. The van der Waals surface area contributed by atoms with E-state index in [0.29, 0.717) is 0 Å². The average Bonchev–Trinajstić information content (AvgIpc) is 2.59. The van der Waals surface area contributed by atoms with Crippen molar-refractivity contribution >= 4 is 17.6 Å². The Morgan fingerprint density at radius 2 is 2.25 bits per heavy atom. The van der Waals surface area contributed by atoms with E-state index in [-0.39, 0.29) is 18.1 Å². The zero-order valence-electron chi connectivity index (χ0n) is 8.67. The number of ketones is 1. The number of imidazole rings is 1. The summed E-state index contributed by atoms with van der Waals surface area (Å²) in [6.45, 7) is 0. The van der Waals surface area contributed by atoms with Crippen LogP contribution in [0.5, 0.6) is 0 Å². The molecule has 0 aliphatic rings. The second-order valence-corrected chi connectivity index (χ2v) is 2.97. The molecular formula is C8H9N3O5. The Balaban J connectivity index is 2.86. The van der Waals surface area contributed by atoms with E-state index in [0.717, 1.165) is 7.11 Å². The molecule has 0 fully saturated rings.